The summed E-state index contributed by atoms with van der Waals surface area (Å²) in [5, 5.41) is 0. The Morgan fingerprint density at radius 1 is 0.950 bits per heavy atom. The van der Waals surface area contributed by atoms with Gasteiger partial charge in [-0.3, -0.25) is 0 Å². The predicted molar refractivity (Wildman–Crippen MR) is 75.7 cm³/mol. The fourth-order valence-corrected chi connectivity index (χ4v) is 3.23. The van der Waals surface area contributed by atoms with E-state index in [-0.39, 0.29) is 30.6 Å². The van der Waals surface area contributed by atoms with Crippen LogP contribution in [0.4, 0.5) is 0 Å². The highest BCUT2D eigenvalue weighted by atomic mass is 28.4. The van der Waals surface area contributed by atoms with Crippen LogP contribution in [0.15, 0.2) is 24.3 Å². The molecule has 0 aliphatic rings. The van der Waals surface area contributed by atoms with Crippen LogP contribution < -0.4 is 0 Å². The van der Waals surface area contributed by atoms with Crippen molar-refractivity contribution in [1.29, 1.82) is 0 Å². The third kappa shape index (κ3) is 6.13. The van der Waals surface area contributed by atoms with E-state index in [1.807, 2.05) is 0 Å². The van der Waals surface area contributed by atoms with Gasteiger partial charge >= 0.3 is 20.7 Å². The second kappa shape index (κ2) is 8.67. The Labute approximate surface area is 120 Å². The third-order valence-corrected chi connectivity index (χ3v) is 4.50. The van der Waals surface area contributed by atoms with Gasteiger partial charge in [-0.25, -0.2) is 9.59 Å². The van der Waals surface area contributed by atoms with Crippen LogP contribution in [0.25, 0.3) is 0 Å². The molecule has 0 aromatic heterocycles. The average molecular weight is 302 g/mol. The van der Waals surface area contributed by atoms with Crippen LogP contribution in [0.2, 0.25) is 0 Å². The first kappa shape index (κ1) is 18.6. The smallest absolute Gasteiger partial charge is 0.468 e. The minimum absolute atomic E-state index is 0.215. The molecule has 0 heterocycles. The number of esters is 1. The molecule has 0 aromatic rings. The number of hydrogen-bond acceptors (Lipinski definition) is 6. The Bertz CT molecular complexity index is 384. The largest absolute Gasteiger partial charge is 0.608 e. The Hall–Kier alpha value is -1.44. The summed E-state index contributed by atoms with van der Waals surface area (Å²) in [7, 11) is -3.42. The zero-order valence-corrected chi connectivity index (χ0v) is 13.5. The molecule has 0 unspecified atom stereocenters. The van der Waals surface area contributed by atoms with Crippen LogP contribution in [0, 0.1) is 0 Å². The quantitative estimate of drug-likeness (QED) is 0.367. The van der Waals surface area contributed by atoms with Crippen LogP contribution in [-0.4, -0.2) is 40.2 Å². The fourth-order valence-electron chi connectivity index (χ4n) is 1.16. The van der Waals surface area contributed by atoms with E-state index >= 15 is 0 Å². The maximum atomic E-state index is 11.7. The summed E-state index contributed by atoms with van der Waals surface area (Å²) < 4.78 is 21.2. The molecule has 0 atom stereocenters. The van der Waals surface area contributed by atoms with E-state index in [0.29, 0.717) is 0 Å². The predicted octanol–water partition coefficient (Wildman–Crippen LogP) is 1.78. The van der Waals surface area contributed by atoms with Gasteiger partial charge in [0.1, 0.15) is 0 Å². The molecule has 0 N–H and O–H groups in total. The highest BCUT2D eigenvalue weighted by Gasteiger charge is 2.47. The Balaban J connectivity index is 4.99. The van der Waals surface area contributed by atoms with Crippen LogP contribution in [-0.2, 0) is 27.6 Å². The molecule has 0 rings (SSSR count). The van der Waals surface area contributed by atoms with Gasteiger partial charge in [0.05, 0.1) is 0 Å². The van der Waals surface area contributed by atoms with Crippen molar-refractivity contribution in [1.82, 2.24) is 0 Å². The summed E-state index contributed by atoms with van der Waals surface area (Å²) in [6.45, 7) is 14.0. The maximum absolute atomic E-state index is 11.7. The molecule has 0 aromatic carbocycles. The monoisotopic (exact) mass is 302 g/mol. The van der Waals surface area contributed by atoms with Crippen molar-refractivity contribution in [3.05, 3.63) is 24.3 Å². The van der Waals surface area contributed by atoms with E-state index < -0.39 is 20.7 Å². The number of carbonyl (C=O) groups is 2. The standard InChI is InChI=1S/C13H22O6Si/c1-7-17-20(18-8-2,19-13(15)11(5)6)9-16-12(14)10(3)4/h3,5,7-9H2,1-2,4,6H3. The van der Waals surface area contributed by atoms with Crippen molar-refractivity contribution in [3.8, 4) is 0 Å². The lowest BCUT2D eigenvalue weighted by Crippen LogP contribution is -2.52. The molecular formula is C13H22O6Si. The van der Waals surface area contributed by atoms with Crippen molar-refractivity contribution in [2.75, 3.05) is 19.4 Å². The lowest BCUT2D eigenvalue weighted by molar-refractivity contribution is -0.143. The Kier molecular flexibility index (Phi) is 8.05. The van der Waals surface area contributed by atoms with E-state index in [2.05, 4.69) is 13.2 Å². The Morgan fingerprint density at radius 2 is 1.40 bits per heavy atom. The minimum atomic E-state index is -3.42. The van der Waals surface area contributed by atoms with E-state index in [1.54, 1.807) is 13.8 Å². The molecule has 0 saturated heterocycles. The third-order valence-electron chi connectivity index (χ3n) is 2.05. The molecule has 0 aliphatic carbocycles. The zero-order valence-electron chi connectivity index (χ0n) is 12.5. The summed E-state index contributed by atoms with van der Waals surface area (Å²) in [5.41, 5.74) is 0.458. The average Bonchev–Trinajstić information content (AvgIpc) is 2.36. The van der Waals surface area contributed by atoms with E-state index in [9.17, 15) is 9.59 Å². The first-order chi connectivity index (χ1) is 9.28. The first-order valence-corrected chi connectivity index (χ1v) is 8.20. The number of hydrogen-bond donors (Lipinski definition) is 0. The molecule has 6 nitrogen and oxygen atoms in total. The fraction of sp³-hybridized carbons (Fsp3) is 0.538. The molecule has 0 radical (unpaired) electrons. The molecule has 0 saturated carbocycles. The van der Waals surface area contributed by atoms with Crippen molar-refractivity contribution in [2.45, 2.75) is 27.7 Å². The maximum Gasteiger partial charge on any atom is 0.608 e. The lowest BCUT2D eigenvalue weighted by Gasteiger charge is -2.27. The summed E-state index contributed by atoms with van der Waals surface area (Å²) in [5.74, 6) is -1.22. The van der Waals surface area contributed by atoms with Gasteiger partial charge in [0.15, 0.2) is 6.23 Å². The zero-order chi connectivity index (χ0) is 15.8. The molecule has 7 heteroatoms. The Morgan fingerprint density at radius 3 is 1.75 bits per heavy atom. The highest BCUT2D eigenvalue weighted by molar-refractivity contribution is 6.62. The van der Waals surface area contributed by atoms with Gasteiger partial charge in [-0.05, 0) is 27.7 Å². The van der Waals surface area contributed by atoms with Crippen molar-refractivity contribution < 1.29 is 27.6 Å². The molecular weight excluding hydrogens is 280 g/mol. The summed E-state index contributed by atoms with van der Waals surface area (Å²) >= 11 is 0. The van der Waals surface area contributed by atoms with Crippen molar-refractivity contribution in [2.24, 2.45) is 0 Å². The van der Waals surface area contributed by atoms with E-state index in [1.165, 1.54) is 13.8 Å². The summed E-state index contributed by atoms with van der Waals surface area (Å²) in [6, 6.07) is 0. The van der Waals surface area contributed by atoms with Gasteiger partial charge < -0.3 is 18.0 Å². The lowest BCUT2D eigenvalue weighted by atomic mass is 10.4. The first-order valence-electron chi connectivity index (χ1n) is 6.27. The van der Waals surface area contributed by atoms with E-state index in [4.69, 9.17) is 18.0 Å². The molecule has 0 bridgehead atoms. The van der Waals surface area contributed by atoms with Gasteiger partial charge in [0, 0.05) is 24.4 Å². The molecule has 0 fully saturated rings. The summed E-state index contributed by atoms with van der Waals surface area (Å²) in [6.07, 6.45) is -0.251. The summed E-state index contributed by atoms with van der Waals surface area (Å²) in [4.78, 5) is 23.1. The molecule has 0 amide bonds. The van der Waals surface area contributed by atoms with Gasteiger partial charge in [-0.15, -0.1) is 0 Å². The molecule has 0 spiro atoms. The number of ether oxygens (including phenoxy) is 1. The molecule has 20 heavy (non-hydrogen) atoms. The SMILES string of the molecule is C=C(C)C(=O)OC[Si](OCC)(OCC)OC(=O)C(=C)C. The van der Waals surface area contributed by atoms with Gasteiger partial charge in [0.25, 0.3) is 0 Å². The molecule has 0 aliphatic heterocycles. The highest BCUT2D eigenvalue weighted by Crippen LogP contribution is 2.14. The minimum Gasteiger partial charge on any atom is -0.468 e. The van der Waals surface area contributed by atoms with Crippen LogP contribution in [0.5, 0.6) is 0 Å². The number of rotatable bonds is 9. The van der Waals surface area contributed by atoms with Crippen LogP contribution >= 0.6 is 0 Å². The van der Waals surface area contributed by atoms with Gasteiger partial charge in [0.2, 0.25) is 0 Å². The van der Waals surface area contributed by atoms with Crippen molar-refractivity contribution >= 4 is 20.7 Å². The normalized spacial score (nSPS) is 10.8. The van der Waals surface area contributed by atoms with Crippen molar-refractivity contribution in [3.63, 3.8) is 0 Å². The van der Waals surface area contributed by atoms with Gasteiger partial charge in [-0.1, -0.05) is 13.2 Å². The van der Waals surface area contributed by atoms with E-state index in [0.717, 1.165) is 0 Å². The van der Waals surface area contributed by atoms with Gasteiger partial charge in [-0.2, -0.15) is 0 Å². The van der Waals surface area contributed by atoms with Crippen LogP contribution in [0.1, 0.15) is 27.7 Å². The number of carbonyl (C=O) groups excluding carboxylic acids is 2. The second-order valence-electron chi connectivity index (χ2n) is 4.08. The van der Waals surface area contributed by atoms with Crippen LogP contribution in [0.3, 0.4) is 0 Å². The second-order valence-corrected chi connectivity index (χ2v) is 6.51. The topological polar surface area (TPSA) is 71.1 Å². The molecule has 114 valence electrons.